The molecule has 5 nitrogen and oxygen atoms in total. The molecule has 2 rings (SSSR count). The SMILES string of the molecule is COc1cc(-c2cc(C(=O)O)[nH]n2)cc(C)c1C. The lowest BCUT2D eigenvalue weighted by Crippen LogP contribution is -1.95. The Bertz CT molecular complexity index is 602. The maximum Gasteiger partial charge on any atom is 0.353 e. The highest BCUT2D eigenvalue weighted by molar-refractivity contribution is 5.87. The van der Waals surface area contributed by atoms with Gasteiger partial charge in [-0.1, -0.05) is 0 Å². The third-order valence-electron chi connectivity index (χ3n) is 2.94. The molecule has 0 fully saturated rings. The lowest BCUT2D eigenvalue weighted by Gasteiger charge is -2.09. The first-order valence-corrected chi connectivity index (χ1v) is 5.47. The van der Waals surface area contributed by atoms with E-state index in [1.165, 1.54) is 6.07 Å². The molecule has 0 atom stereocenters. The molecule has 0 radical (unpaired) electrons. The third kappa shape index (κ3) is 2.07. The molecule has 0 bridgehead atoms. The van der Waals surface area contributed by atoms with E-state index >= 15 is 0 Å². The Hall–Kier alpha value is -2.30. The number of carboxylic acids is 1. The predicted octanol–water partition coefficient (Wildman–Crippen LogP) is 2.40. The fourth-order valence-corrected chi connectivity index (χ4v) is 1.77. The van der Waals surface area contributed by atoms with Crippen molar-refractivity contribution >= 4 is 5.97 Å². The fraction of sp³-hybridized carbons (Fsp3) is 0.231. The number of nitrogens with one attached hydrogen (secondary N) is 1. The first-order chi connectivity index (χ1) is 8.52. The van der Waals surface area contributed by atoms with Gasteiger partial charge in [-0.3, -0.25) is 5.10 Å². The number of H-pyrrole nitrogens is 1. The number of nitrogens with zero attached hydrogens (tertiary/aromatic N) is 1. The van der Waals surface area contributed by atoms with Gasteiger partial charge in [-0.25, -0.2) is 4.79 Å². The van der Waals surface area contributed by atoms with Gasteiger partial charge in [-0.2, -0.15) is 5.10 Å². The summed E-state index contributed by atoms with van der Waals surface area (Å²) in [5.74, 6) is -0.255. The summed E-state index contributed by atoms with van der Waals surface area (Å²) in [7, 11) is 1.61. The molecule has 2 aromatic rings. The van der Waals surface area contributed by atoms with Gasteiger partial charge in [-0.05, 0) is 43.2 Å². The number of carbonyl (C=O) groups is 1. The summed E-state index contributed by atoms with van der Waals surface area (Å²) in [5.41, 5.74) is 3.63. The molecule has 18 heavy (non-hydrogen) atoms. The Morgan fingerprint density at radius 3 is 2.61 bits per heavy atom. The number of rotatable bonds is 3. The van der Waals surface area contributed by atoms with Gasteiger partial charge in [0.15, 0.2) is 0 Å². The molecule has 1 heterocycles. The summed E-state index contributed by atoms with van der Waals surface area (Å²) in [6, 6.07) is 5.32. The van der Waals surface area contributed by atoms with Gasteiger partial charge in [0.25, 0.3) is 0 Å². The van der Waals surface area contributed by atoms with Crippen molar-refractivity contribution in [2.45, 2.75) is 13.8 Å². The predicted molar refractivity (Wildman–Crippen MR) is 67.0 cm³/mol. The second-order valence-corrected chi connectivity index (χ2v) is 4.09. The van der Waals surface area contributed by atoms with Crippen molar-refractivity contribution in [1.29, 1.82) is 0 Å². The molecule has 0 saturated carbocycles. The molecule has 1 aromatic carbocycles. The number of aromatic carboxylic acids is 1. The minimum atomic E-state index is -1.02. The molecular weight excluding hydrogens is 232 g/mol. The molecule has 0 saturated heterocycles. The first kappa shape index (κ1) is 12.2. The minimum absolute atomic E-state index is 0.0715. The summed E-state index contributed by atoms with van der Waals surface area (Å²) < 4.78 is 5.29. The van der Waals surface area contributed by atoms with Crippen molar-refractivity contribution in [2.24, 2.45) is 0 Å². The van der Waals surface area contributed by atoms with Crippen LogP contribution in [-0.4, -0.2) is 28.4 Å². The molecule has 5 heteroatoms. The summed E-state index contributed by atoms with van der Waals surface area (Å²) in [6.45, 7) is 3.96. The number of ether oxygens (including phenoxy) is 1. The van der Waals surface area contributed by atoms with Crippen LogP contribution >= 0.6 is 0 Å². The highest BCUT2D eigenvalue weighted by Gasteiger charge is 2.12. The second-order valence-electron chi connectivity index (χ2n) is 4.09. The number of aromatic nitrogens is 2. The Morgan fingerprint density at radius 1 is 1.33 bits per heavy atom. The van der Waals surface area contributed by atoms with E-state index in [1.807, 2.05) is 26.0 Å². The van der Waals surface area contributed by atoms with Gasteiger partial charge in [0.2, 0.25) is 0 Å². The summed E-state index contributed by atoms with van der Waals surface area (Å²) >= 11 is 0. The standard InChI is InChI=1S/C13H14N2O3/c1-7-4-9(5-12(18-3)8(7)2)10-6-11(13(16)17)15-14-10/h4-6H,1-3H3,(H,14,15)(H,16,17). The molecule has 1 aromatic heterocycles. The highest BCUT2D eigenvalue weighted by Crippen LogP contribution is 2.28. The van der Waals surface area contributed by atoms with Crippen LogP contribution in [0.2, 0.25) is 0 Å². The van der Waals surface area contributed by atoms with E-state index in [-0.39, 0.29) is 5.69 Å². The van der Waals surface area contributed by atoms with Crippen molar-refractivity contribution in [3.8, 4) is 17.0 Å². The van der Waals surface area contributed by atoms with Crippen molar-refractivity contribution in [1.82, 2.24) is 10.2 Å². The maximum atomic E-state index is 10.8. The maximum absolute atomic E-state index is 10.8. The first-order valence-electron chi connectivity index (χ1n) is 5.47. The van der Waals surface area contributed by atoms with Gasteiger partial charge >= 0.3 is 5.97 Å². The fourth-order valence-electron chi connectivity index (χ4n) is 1.77. The largest absolute Gasteiger partial charge is 0.496 e. The summed E-state index contributed by atoms with van der Waals surface area (Å²) in [5, 5.41) is 15.3. The monoisotopic (exact) mass is 246 g/mol. The van der Waals surface area contributed by atoms with Crippen LogP contribution < -0.4 is 4.74 Å². The van der Waals surface area contributed by atoms with E-state index in [0.29, 0.717) is 5.69 Å². The normalized spacial score (nSPS) is 10.4. The number of aryl methyl sites for hydroxylation is 1. The number of aromatic amines is 1. The van der Waals surface area contributed by atoms with Crippen LogP contribution in [0.3, 0.4) is 0 Å². The summed E-state index contributed by atoms with van der Waals surface area (Å²) in [4.78, 5) is 10.8. The Kier molecular flexibility index (Phi) is 3.06. The molecule has 0 spiro atoms. The lowest BCUT2D eigenvalue weighted by atomic mass is 10.0. The van der Waals surface area contributed by atoms with Crippen LogP contribution in [0.4, 0.5) is 0 Å². The van der Waals surface area contributed by atoms with E-state index in [1.54, 1.807) is 7.11 Å². The zero-order chi connectivity index (χ0) is 13.3. The van der Waals surface area contributed by atoms with Crippen LogP contribution in [0.25, 0.3) is 11.3 Å². The smallest absolute Gasteiger partial charge is 0.353 e. The molecule has 2 N–H and O–H groups in total. The third-order valence-corrected chi connectivity index (χ3v) is 2.94. The van der Waals surface area contributed by atoms with Gasteiger partial charge in [-0.15, -0.1) is 0 Å². The van der Waals surface area contributed by atoms with Crippen LogP contribution in [-0.2, 0) is 0 Å². The Labute approximate surface area is 104 Å². The Balaban J connectivity index is 2.50. The van der Waals surface area contributed by atoms with Crippen molar-refractivity contribution in [2.75, 3.05) is 7.11 Å². The van der Waals surface area contributed by atoms with Crippen molar-refractivity contribution in [3.63, 3.8) is 0 Å². The van der Waals surface area contributed by atoms with E-state index in [9.17, 15) is 4.79 Å². The number of hydrogen-bond acceptors (Lipinski definition) is 3. The van der Waals surface area contributed by atoms with E-state index in [2.05, 4.69) is 10.2 Å². The van der Waals surface area contributed by atoms with Gasteiger partial charge < -0.3 is 9.84 Å². The van der Waals surface area contributed by atoms with E-state index in [0.717, 1.165) is 22.4 Å². The van der Waals surface area contributed by atoms with Crippen LogP contribution in [0.1, 0.15) is 21.6 Å². The molecule has 0 aliphatic carbocycles. The molecule has 94 valence electrons. The topological polar surface area (TPSA) is 75.2 Å². The number of carboxylic acid groups (broad SMARTS) is 1. The van der Waals surface area contributed by atoms with E-state index in [4.69, 9.17) is 9.84 Å². The van der Waals surface area contributed by atoms with Gasteiger partial charge in [0.05, 0.1) is 12.8 Å². The molecule has 0 aliphatic heterocycles. The lowest BCUT2D eigenvalue weighted by molar-refractivity contribution is 0.0690. The van der Waals surface area contributed by atoms with Crippen molar-refractivity contribution < 1.29 is 14.6 Å². The number of hydrogen-bond donors (Lipinski definition) is 2. The Morgan fingerprint density at radius 2 is 2.06 bits per heavy atom. The molecule has 0 aliphatic rings. The molecule has 0 unspecified atom stereocenters. The summed E-state index contributed by atoms with van der Waals surface area (Å²) in [6.07, 6.45) is 0. The zero-order valence-electron chi connectivity index (χ0n) is 10.4. The average molecular weight is 246 g/mol. The van der Waals surface area contributed by atoms with Gasteiger partial charge in [0, 0.05) is 5.56 Å². The zero-order valence-corrected chi connectivity index (χ0v) is 10.4. The molecular formula is C13H14N2O3. The quantitative estimate of drug-likeness (QED) is 0.872. The molecule has 0 amide bonds. The number of methoxy groups -OCH3 is 1. The minimum Gasteiger partial charge on any atom is -0.496 e. The second kappa shape index (κ2) is 4.52. The van der Waals surface area contributed by atoms with Crippen LogP contribution in [0, 0.1) is 13.8 Å². The van der Waals surface area contributed by atoms with Gasteiger partial charge in [0.1, 0.15) is 11.4 Å². The van der Waals surface area contributed by atoms with E-state index < -0.39 is 5.97 Å². The number of benzene rings is 1. The average Bonchev–Trinajstić information content (AvgIpc) is 2.82. The highest BCUT2D eigenvalue weighted by atomic mass is 16.5. The van der Waals surface area contributed by atoms with Crippen LogP contribution in [0.5, 0.6) is 5.75 Å². The van der Waals surface area contributed by atoms with Crippen molar-refractivity contribution in [3.05, 3.63) is 35.0 Å². The van der Waals surface area contributed by atoms with Crippen LogP contribution in [0.15, 0.2) is 18.2 Å².